The Labute approximate surface area is 121 Å². The van der Waals surface area contributed by atoms with Crippen molar-refractivity contribution < 1.29 is 0 Å². The summed E-state index contributed by atoms with van der Waals surface area (Å²) in [6.07, 6.45) is 10.1. The van der Waals surface area contributed by atoms with Gasteiger partial charge in [0.05, 0.1) is 0 Å². The molecule has 4 fully saturated rings. The fraction of sp³-hybridized carbons (Fsp3) is 0.706. The van der Waals surface area contributed by atoms with Crippen molar-refractivity contribution in [2.45, 2.75) is 51.5 Å². The third-order valence-electron chi connectivity index (χ3n) is 6.17. The van der Waals surface area contributed by atoms with E-state index >= 15 is 0 Å². The number of hydrogen-bond acceptors (Lipinski definition) is 3. The van der Waals surface area contributed by atoms with E-state index in [4.69, 9.17) is 11.5 Å². The Bertz CT molecular complexity index is 502. The van der Waals surface area contributed by atoms with Crippen LogP contribution >= 0.6 is 0 Å². The molecule has 1 aromatic heterocycles. The summed E-state index contributed by atoms with van der Waals surface area (Å²) in [5.41, 5.74) is 15.4. The molecule has 3 nitrogen and oxygen atoms in total. The summed E-state index contributed by atoms with van der Waals surface area (Å²) in [7, 11) is 0. The number of aryl methyl sites for hydroxylation is 1. The lowest BCUT2D eigenvalue weighted by Crippen LogP contribution is -2.51. The molecule has 0 spiro atoms. The van der Waals surface area contributed by atoms with Gasteiger partial charge in [-0.1, -0.05) is 0 Å². The Kier molecular flexibility index (Phi) is 2.65. The summed E-state index contributed by atoms with van der Waals surface area (Å²) in [5.74, 6) is 3.41. The fourth-order valence-corrected chi connectivity index (χ4v) is 5.74. The molecule has 4 aliphatic rings. The molecule has 0 aromatic carbocycles. The Hall–Kier alpha value is -1.09. The van der Waals surface area contributed by atoms with Crippen LogP contribution in [0.4, 0.5) is 5.82 Å². The zero-order valence-corrected chi connectivity index (χ0v) is 12.3. The SMILES string of the molecule is Cc1cnc(N)c(C(N)C23CC4CC(CC(C4)C2)C3)c1. The molecule has 3 heteroatoms. The van der Waals surface area contributed by atoms with Crippen molar-refractivity contribution in [3.8, 4) is 0 Å². The molecule has 108 valence electrons. The molecule has 4 aliphatic carbocycles. The quantitative estimate of drug-likeness (QED) is 0.868. The summed E-state index contributed by atoms with van der Waals surface area (Å²) in [5, 5.41) is 0. The van der Waals surface area contributed by atoms with Gasteiger partial charge in [-0.15, -0.1) is 0 Å². The number of nitrogens with zero attached hydrogens (tertiary/aromatic N) is 1. The van der Waals surface area contributed by atoms with Crippen molar-refractivity contribution in [3.05, 3.63) is 23.4 Å². The molecule has 4 N–H and O–H groups in total. The molecule has 5 rings (SSSR count). The van der Waals surface area contributed by atoms with Gasteiger partial charge in [-0.05, 0) is 80.2 Å². The maximum absolute atomic E-state index is 6.74. The Morgan fingerprint density at radius 1 is 1.15 bits per heavy atom. The number of hydrogen-bond donors (Lipinski definition) is 2. The van der Waals surface area contributed by atoms with E-state index in [1.165, 1.54) is 38.5 Å². The smallest absolute Gasteiger partial charge is 0.128 e. The molecule has 1 unspecified atom stereocenters. The van der Waals surface area contributed by atoms with Gasteiger partial charge < -0.3 is 11.5 Å². The molecule has 0 radical (unpaired) electrons. The monoisotopic (exact) mass is 271 g/mol. The van der Waals surface area contributed by atoms with Crippen LogP contribution in [-0.4, -0.2) is 4.98 Å². The number of pyridine rings is 1. The summed E-state index contributed by atoms with van der Waals surface area (Å²) >= 11 is 0. The van der Waals surface area contributed by atoms with Crippen LogP contribution in [0.1, 0.15) is 55.7 Å². The molecule has 0 aliphatic heterocycles. The second kappa shape index (κ2) is 4.20. The van der Waals surface area contributed by atoms with Crippen molar-refractivity contribution in [1.29, 1.82) is 0 Å². The van der Waals surface area contributed by atoms with E-state index in [0.29, 0.717) is 11.2 Å². The van der Waals surface area contributed by atoms with Gasteiger partial charge in [0.25, 0.3) is 0 Å². The number of nitrogen functional groups attached to an aromatic ring is 1. The van der Waals surface area contributed by atoms with Crippen molar-refractivity contribution in [3.63, 3.8) is 0 Å². The lowest BCUT2D eigenvalue weighted by Gasteiger charge is -2.59. The van der Waals surface area contributed by atoms with Crippen molar-refractivity contribution in [2.24, 2.45) is 28.9 Å². The summed E-state index contributed by atoms with van der Waals surface area (Å²) < 4.78 is 0. The van der Waals surface area contributed by atoms with E-state index in [2.05, 4.69) is 18.0 Å². The highest BCUT2D eigenvalue weighted by Gasteiger charge is 2.53. The fourth-order valence-electron chi connectivity index (χ4n) is 5.74. The maximum Gasteiger partial charge on any atom is 0.128 e. The second-order valence-electron chi connectivity index (χ2n) is 7.74. The summed E-state index contributed by atoms with van der Waals surface area (Å²) in [6, 6.07) is 2.23. The third-order valence-corrected chi connectivity index (χ3v) is 6.17. The van der Waals surface area contributed by atoms with E-state index in [0.717, 1.165) is 28.9 Å². The molecule has 20 heavy (non-hydrogen) atoms. The van der Waals surface area contributed by atoms with Gasteiger partial charge >= 0.3 is 0 Å². The normalized spacial score (nSPS) is 40.0. The summed E-state index contributed by atoms with van der Waals surface area (Å²) in [4.78, 5) is 4.33. The summed E-state index contributed by atoms with van der Waals surface area (Å²) in [6.45, 7) is 2.07. The lowest BCUT2D eigenvalue weighted by atomic mass is 9.47. The highest BCUT2D eigenvalue weighted by Crippen LogP contribution is 2.63. The number of anilines is 1. The van der Waals surface area contributed by atoms with Crippen LogP contribution in [0.5, 0.6) is 0 Å². The molecule has 4 bridgehead atoms. The van der Waals surface area contributed by atoms with Gasteiger partial charge in [-0.3, -0.25) is 0 Å². The van der Waals surface area contributed by atoms with E-state index in [1.54, 1.807) is 0 Å². The maximum atomic E-state index is 6.74. The van der Waals surface area contributed by atoms with Crippen LogP contribution in [-0.2, 0) is 0 Å². The first-order valence-corrected chi connectivity index (χ1v) is 8.03. The average Bonchev–Trinajstić information content (AvgIpc) is 2.39. The molecule has 1 aromatic rings. The molecule has 4 saturated carbocycles. The molecular weight excluding hydrogens is 246 g/mol. The topological polar surface area (TPSA) is 64.9 Å². The number of aromatic nitrogens is 1. The number of rotatable bonds is 2. The van der Waals surface area contributed by atoms with Gasteiger partial charge in [0, 0.05) is 17.8 Å². The van der Waals surface area contributed by atoms with E-state index in [9.17, 15) is 0 Å². The highest BCUT2D eigenvalue weighted by molar-refractivity contribution is 5.44. The van der Waals surface area contributed by atoms with Crippen LogP contribution in [0.2, 0.25) is 0 Å². The van der Waals surface area contributed by atoms with E-state index in [1.807, 2.05) is 6.20 Å². The average molecular weight is 271 g/mol. The first-order chi connectivity index (χ1) is 9.56. The van der Waals surface area contributed by atoms with Gasteiger partial charge in [-0.25, -0.2) is 4.98 Å². The standard InChI is InChI=1S/C17H25N3/c1-10-2-14(16(19)20-9-10)15(18)17-6-11-3-12(7-17)5-13(4-11)8-17/h2,9,11-13,15H,3-8,18H2,1H3,(H2,19,20). The van der Waals surface area contributed by atoms with E-state index in [-0.39, 0.29) is 6.04 Å². The zero-order valence-electron chi connectivity index (χ0n) is 12.3. The van der Waals surface area contributed by atoms with Crippen LogP contribution in [0.25, 0.3) is 0 Å². The minimum absolute atomic E-state index is 0.0725. The van der Waals surface area contributed by atoms with Crippen LogP contribution in [0.3, 0.4) is 0 Å². The zero-order chi connectivity index (χ0) is 13.9. The van der Waals surface area contributed by atoms with Crippen molar-refractivity contribution in [2.75, 3.05) is 5.73 Å². The predicted octanol–water partition coefficient (Wildman–Crippen LogP) is 3.19. The Morgan fingerprint density at radius 2 is 1.70 bits per heavy atom. The lowest BCUT2D eigenvalue weighted by molar-refractivity contribution is -0.0677. The van der Waals surface area contributed by atoms with E-state index < -0.39 is 0 Å². The minimum Gasteiger partial charge on any atom is -0.383 e. The Morgan fingerprint density at radius 3 is 2.25 bits per heavy atom. The highest BCUT2D eigenvalue weighted by atomic mass is 14.9. The molecule has 0 saturated heterocycles. The third kappa shape index (κ3) is 1.79. The molecule has 0 amide bonds. The van der Waals surface area contributed by atoms with Gasteiger partial charge in [0.1, 0.15) is 5.82 Å². The van der Waals surface area contributed by atoms with Crippen LogP contribution < -0.4 is 11.5 Å². The number of nitrogens with two attached hydrogens (primary N) is 2. The largest absolute Gasteiger partial charge is 0.383 e. The first-order valence-electron chi connectivity index (χ1n) is 8.03. The van der Waals surface area contributed by atoms with Crippen LogP contribution in [0, 0.1) is 30.1 Å². The van der Waals surface area contributed by atoms with Crippen molar-refractivity contribution >= 4 is 5.82 Å². The molecular formula is C17H25N3. The first kappa shape index (κ1) is 12.6. The molecule has 1 heterocycles. The predicted molar refractivity (Wildman–Crippen MR) is 80.9 cm³/mol. The van der Waals surface area contributed by atoms with Gasteiger partial charge in [0.15, 0.2) is 0 Å². The van der Waals surface area contributed by atoms with Gasteiger partial charge in [-0.2, -0.15) is 0 Å². The minimum atomic E-state index is 0.0725. The molecule has 1 atom stereocenters. The second-order valence-corrected chi connectivity index (χ2v) is 7.74. The van der Waals surface area contributed by atoms with Crippen molar-refractivity contribution in [1.82, 2.24) is 4.98 Å². The Balaban J connectivity index is 1.71. The van der Waals surface area contributed by atoms with Crippen LogP contribution in [0.15, 0.2) is 12.3 Å². The van der Waals surface area contributed by atoms with Gasteiger partial charge in [0.2, 0.25) is 0 Å².